The summed E-state index contributed by atoms with van der Waals surface area (Å²) < 4.78 is 12.7. The molecule has 0 amide bonds. The molecule has 2 N–H and O–H groups in total. The fourth-order valence-electron chi connectivity index (χ4n) is 2.11. The summed E-state index contributed by atoms with van der Waals surface area (Å²) in [4.78, 5) is 0. The summed E-state index contributed by atoms with van der Waals surface area (Å²) >= 11 is 0. The monoisotopic (exact) mass is 209 g/mol. The molecule has 0 bridgehead atoms. The minimum atomic E-state index is -0.232. The minimum Gasteiger partial charge on any atom is -0.392 e. The second-order valence-corrected chi connectivity index (χ2v) is 4.24. The molecular formula is C12H16FNO. The van der Waals surface area contributed by atoms with Gasteiger partial charge in [0.25, 0.3) is 0 Å². The summed E-state index contributed by atoms with van der Waals surface area (Å²) in [5.74, 6) is 0.264. The van der Waals surface area contributed by atoms with Gasteiger partial charge in [-0.05, 0) is 43.0 Å². The molecule has 1 aromatic carbocycles. The van der Waals surface area contributed by atoms with E-state index in [1.165, 1.54) is 12.1 Å². The van der Waals surface area contributed by atoms with Crippen LogP contribution >= 0.6 is 0 Å². The molecule has 15 heavy (non-hydrogen) atoms. The molecule has 82 valence electrons. The van der Waals surface area contributed by atoms with Crippen LogP contribution in [0.1, 0.15) is 12.0 Å². The molecule has 0 saturated carbocycles. The Labute approximate surface area is 89.1 Å². The third kappa shape index (κ3) is 3.01. The highest BCUT2D eigenvalue weighted by Gasteiger charge is 2.19. The van der Waals surface area contributed by atoms with Crippen LogP contribution in [-0.2, 0) is 6.42 Å². The van der Waals surface area contributed by atoms with Crippen LogP contribution in [0.25, 0.3) is 0 Å². The van der Waals surface area contributed by atoms with Gasteiger partial charge in [0.1, 0.15) is 5.82 Å². The van der Waals surface area contributed by atoms with Gasteiger partial charge >= 0.3 is 0 Å². The topological polar surface area (TPSA) is 32.3 Å². The third-order valence-electron chi connectivity index (χ3n) is 2.86. The van der Waals surface area contributed by atoms with Crippen molar-refractivity contribution < 1.29 is 9.50 Å². The minimum absolute atomic E-state index is 0.194. The van der Waals surface area contributed by atoms with E-state index in [0.717, 1.165) is 24.9 Å². The van der Waals surface area contributed by atoms with E-state index in [-0.39, 0.29) is 11.9 Å². The van der Waals surface area contributed by atoms with Crippen molar-refractivity contribution in [2.75, 3.05) is 13.1 Å². The first-order chi connectivity index (χ1) is 7.24. The Hall–Kier alpha value is -0.930. The first kappa shape index (κ1) is 10.6. The average molecular weight is 209 g/mol. The van der Waals surface area contributed by atoms with Crippen molar-refractivity contribution in [1.82, 2.24) is 5.32 Å². The van der Waals surface area contributed by atoms with E-state index in [1.807, 2.05) is 12.1 Å². The molecule has 0 aliphatic carbocycles. The Bertz CT molecular complexity index is 312. The van der Waals surface area contributed by atoms with Crippen LogP contribution < -0.4 is 5.32 Å². The predicted octanol–water partition coefficient (Wildman–Crippen LogP) is 1.34. The molecule has 1 saturated heterocycles. The summed E-state index contributed by atoms with van der Waals surface area (Å²) in [7, 11) is 0. The summed E-state index contributed by atoms with van der Waals surface area (Å²) in [5, 5.41) is 12.7. The number of hydrogen-bond donors (Lipinski definition) is 2. The standard InChI is InChI=1S/C12H16FNO/c13-11-3-1-9(2-4-11)5-10-6-12(15)8-14-7-10/h1-4,10,12,14-15H,5-8H2. The van der Waals surface area contributed by atoms with E-state index in [9.17, 15) is 9.50 Å². The van der Waals surface area contributed by atoms with E-state index in [4.69, 9.17) is 0 Å². The zero-order chi connectivity index (χ0) is 10.7. The van der Waals surface area contributed by atoms with Gasteiger partial charge in [0, 0.05) is 6.54 Å². The summed E-state index contributed by atoms with van der Waals surface area (Å²) in [6, 6.07) is 6.61. The third-order valence-corrected chi connectivity index (χ3v) is 2.86. The lowest BCUT2D eigenvalue weighted by Crippen LogP contribution is -2.40. The van der Waals surface area contributed by atoms with E-state index in [2.05, 4.69) is 5.32 Å². The quantitative estimate of drug-likeness (QED) is 0.770. The molecule has 0 aromatic heterocycles. The maximum Gasteiger partial charge on any atom is 0.123 e. The first-order valence-electron chi connectivity index (χ1n) is 5.37. The van der Waals surface area contributed by atoms with Crippen molar-refractivity contribution >= 4 is 0 Å². The molecule has 3 heteroatoms. The van der Waals surface area contributed by atoms with Crippen molar-refractivity contribution in [1.29, 1.82) is 0 Å². The molecule has 2 nitrogen and oxygen atoms in total. The summed E-state index contributed by atoms with van der Waals surface area (Å²) in [5.41, 5.74) is 1.14. The van der Waals surface area contributed by atoms with Crippen LogP contribution in [0.2, 0.25) is 0 Å². The van der Waals surface area contributed by atoms with Crippen molar-refractivity contribution in [3.63, 3.8) is 0 Å². The lowest BCUT2D eigenvalue weighted by molar-refractivity contribution is 0.114. The van der Waals surface area contributed by atoms with Crippen LogP contribution in [0.15, 0.2) is 24.3 Å². The van der Waals surface area contributed by atoms with Crippen LogP contribution in [0.5, 0.6) is 0 Å². The Morgan fingerprint density at radius 3 is 2.67 bits per heavy atom. The smallest absolute Gasteiger partial charge is 0.123 e. The van der Waals surface area contributed by atoms with Gasteiger partial charge < -0.3 is 10.4 Å². The van der Waals surface area contributed by atoms with Gasteiger partial charge in [-0.15, -0.1) is 0 Å². The number of nitrogens with one attached hydrogen (secondary N) is 1. The maximum absolute atomic E-state index is 12.7. The van der Waals surface area contributed by atoms with E-state index >= 15 is 0 Å². The van der Waals surface area contributed by atoms with Crippen LogP contribution in [-0.4, -0.2) is 24.3 Å². The summed E-state index contributed by atoms with van der Waals surface area (Å²) in [6.07, 6.45) is 1.51. The van der Waals surface area contributed by atoms with Crippen molar-refractivity contribution in [3.05, 3.63) is 35.6 Å². The molecule has 1 aromatic rings. The second-order valence-electron chi connectivity index (χ2n) is 4.24. The van der Waals surface area contributed by atoms with Gasteiger partial charge in [0.05, 0.1) is 6.10 Å². The number of hydrogen-bond acceptors (Lipinski definition) is 2. The van der Waals surface area contributed by atoms with Crippen LogP contribution in [0.4, 0.5) is 4.39 Å². The number of rotatable bonds is 2. The molecular weight excluding hydrogens is 193 g/mol. The molecule has 1 heterocycles. The van der Waals surface area contributed by atoms with Gasteiger partial charge in [-0.2, -0.15) is 0 Å². The maximum atomic E-state index is 12.7. The zero-order valence-electron chi connectivity index (χ0n) is 8.62. The van der Waals surface area contributed by atoms with E-state index in [1.54, 1.807) is 0 Å². The molecule has 1 aliphatic heterocycles. The number of β-amino-alcohol motifs (C(OH)–C–C–N with tert-alkyl or cyclic N) is 1. The van der Waals surface area contributed by atoms with Gasteiger partial charge in [0.15, 0.2) is 0 Å². The lowest BCUT2D eigenvalue weighted by Gasteiger charge is -2.26. The number of piperidine rings is 1. The highest BCUT2D eigenvalue weighted by atomic mass is 19.1. The van der Waals surface area contributed by atoms with Gasteiger partial charge in [-0.3, -0.25) is 0 Å². The Kier molecular flexibility index (Phi) is 3.34. The highest BCUT2D eigenvalue weighted by molar-refractivity contribution is 5.16. The number of aliphatic hydroxyl groups excluding tert-OH is 1. The molecule has 2 rings (SSSR count). The molecule has 0 radical (unpaired) electrons. The van der Waals surface area contributed by atoms with Crippen LogP contribution in [0, 0.1) is 11.7 Å². The lowest BCUT2D eigenvalue weighted by atomic mass is 9.91. The molecule has 2 atom stereocenters. The van der Waals surface area contributed by atoms with E-state index < -0.39 is 0 Å². The van der Waals surface area contributed by atoms with Gasteiger partial charge in [0.2, 0.25) is 0 Å². The van der Waals surface area contributed by atoms with E-state index in [0.29, 0.717) is 12.5 Å². The largest absolute Gasteiger partial charge is 0.392 e. The summed E-state index contributed by atoms with van der Waals surface area (Å²) in [6.45, 7) is 1.63. The number of halogens is 1. The van der Waals surface area contributed by atoms with Crippen molar-refractivity contribution in [3.8, 4) is 0 Å². The Balaban J connectivity index is 1.93. The molecule has 1 aliphatic rings. The fourth-order valence-corrected chi connectivity index (χ4v) is 2.11. The Morgan fingerprint density at radius 2 is 2.00 bits per heavy atom. The van der Waals surface area contributed by atoms with Crippen molar-refractivity contribution in [2.45, 2.75) is 18.9 Å². The van der Waals surface area contributed by atoms with Gasteiger partial charge in [-0.1, -0.05) is 12.1 Å². The number of benzene rings is 1. The molecule has 2 unspecified atom stereocenters. The fraction of sp³-hybridized carbons (Fsp3) is 0.500. The molecule has 1 fully saturated rings. The van der Waals surface area contributed by atoms with Crippen molar-refractivity contribution in [2.24, 2.45) is 5.92 Å². The highest BCUT2D eigenvalue weighted by Crippen LogP contribution is 2.16. The van der Waals surface area contributed by atoms with Crippen LogP contribution in [0.3, 0.4) is 0 Å². The first-order valence-corrected chi connectivity index (χ1v) is 5.37. The predicted molar refractivity (Wildman–Crippen MR) is 57.1 cm³/mol. The second kappa shape index (κ2) is 4.73. The van der Waals surface area contributed by atoms with Gasteiger partial charge in [-0.25, -0.2) is 4.39 Å². The Morgan fingerprint density at radius 1 is 1.27 bits per heavy atom. The number of aliphatic hydroxyl groups is 1. The SMILES string of the molecule is OC1CNCC(Cc2ccc(F)cc2)C1. The zero-order valence-corrected chi connectivity index (χ0v) is 8.62. The molecule has 0 spiro atoms. The average Bonchev–Trinajstić information content (AvgIpc) is 2.22. The normalized spacial score (nSPS) is 26.5.